The van der Waals surface area contributed by atoms with Crippen LogP contribution in [0, 0.1) is 23.2 Å². The lowest BCUT2D eigenvalue weighted by Crippen LogP contribution is -2.56. The molecule has 0 radical (unpaired) electrons. The van der Waals surface area contributed by atoms with Gasteiger partial charge >= 0.3 is 5.97 Å². The highest BCUT2D eigenvalue weighted by atomic mass is 16.7. The van der Waals surface area contributed by atoms with Gasteiger partial charge in [0.1, 0.15) is 24.4 Å². The number of ether oxygens (including phenoxy) is 11. The van der Waals surface area contributed by atoms with Gasteiger partial charge in [0.15, 0.2) is 18.9 Å². The molecule has 6 heterocycles. The predicted molar refractivity (Wildman–Crippen MR) is 194 cm³/mol. The van der Waals surface area contributed by atoms with E-state index in [1.807, 2.05) is 26.8 Å². The molecule has 0 unspecified atom stereocenters. The summed E-state index contributed by atoms with van der Waals surface area (Å²) in [7, 11) is 3.18. The molecular formula is C41H62O15. The zero-order valence-corrected chi connectivity index (χ0v) is 33.7. The quantitative estimate of drug-likeness (QED) is 0.241. The third kappa shape index (κ3) is 7.51. The largest absolute Gasteiger partial charge is 0.469 e. The van der Waals surface area contributed by atoms with Crippen molar-refractivity contribution in [2.45, 2.75) is 184 Å². The lowest BCUT2D eigenvalue weighted by molar-refractivity contribution is -0.337. The van der Waals surface area contributed by atoms with E-state index in [0.29, 0.717) is 19.3 Å². The minimum Gasteiger partial charge on any atom is -0.469 e. The lowest BCUT2D eigenvalue weighted by atomic mass is 9.55. The summed E-state index contributed by atoms with van der Waals surface area (Å²) in [6.45, 7) is 9.92. The highest BCUT2D eigenvalue weighted by Gasteiger charge is 2.59. The number of aliphatic hydroxyl groups is 3. The Labute approximate surface area is 329 Å². The number of esters is 1. The fourth-order valence-corrected chi connectivity index (χ4v) is 11.0. The highest BCUT2D eigenvalue weighted by Crippen LogP contribution is 2.57. The third-order valence-corrected chi connectivity index (χ3v) is 14.2. The highest BCUT2D eigenvalue weighted by molar-refractivity contribution is 5.75. The maximum Gasteiger partial charge on any atom is 0.312 e. The van der Waals surface area contributed by atoms with Gasteiger partial charge in [0.25, 0.3) is 0 Å². The average molecular weight is 795 g/mol. The van der Waals surface area contributed by atoms with Crippen LogP contribution in [0.15, 0.2) is 23.5 Å². The molecule has 3 N–H and O–H groups in total. The maximum absolute atomic E-state index is 13.8. The van der Waals surface area contributed by atoms with Gasteiger partial charge in [-0.15, -0.1) is 0 Å². The number of carbonyl (C=O) groups excluding carboxylic acids is 1. The lowest BCUT2D eigenvalue weighted by Gasteiger charge is -2.51. The van der Waals surface area contributed by atoms with Crippen LogP contribution in [0.5, 0.6) is 0 Å². The van der Waals surface area contributed by atoms with Gasteiger partial charge in [-0.25, -0.2) is 0 Å². The average Bonchev–Trinajstić information content (AvgIpc) is 3.67. The van der Waals surface area contributed by atoms with Crippen LogP contribution < -0.4 is 0 Å². The molecule has 5 saturated heterocycles. The van der Waals surface area contributed by atoms with E-state index in [9.17, 15) is 20.1 Å². The number of carbonyl (C=O) groups is 1. The van der Waals surface area contributed by atoms with Crippen molar-refractivity contribution >= 4 is 5.97 Å². The molecule has 0 aromatic heterocycles. The molecule has 0 aromatic carbocycles. The van der Waals surface area contributed by atoms with Crippen LogP contribution in [-0.4, -0.2) is 140 Å². The Kier molecular flexibility index (Phi) is 11.7. The van der Waals surface area contributed by atoms with Gasteiger partial charge in [-0.2, -0.15) is 0 Å². The molecule has 15 nitrogen and oxygen atoms in total. The summed E-state index contributed by atoms with van der Waals surface area (Å²) in [5.74, 6) is -2.08. The molecule has 2 aliphatic carbocycles. The number of fused-ring (bicyclic) bond motifs is 3. The summed E-state index contributed by atoms with van der Waals surface area (Å²) >= 11 is 0. The predicted octanol–water partition coefficient (Wildman–Crippen LogP) is 3.00. The third-order valence-electron chi connectivity index (χ3n) is 14.2. The normalized spacial score (nSPS) is 51.9. The van der Waals surface area contributed by atoms with Crippen LogP contribution in [0.3, 0.4) is 0 Å². The molecule has 1 saturated carbocycles. The summed E-state index contributed by atoms with van der Waals surface area (Å²) in [4.78, 5) is 13.8. The number of aliphatic hydroxyl groups excluding tert-OH is 3. The first kappa shape index (κ1) is 41.0. The maximum atomic E-state index is 13.8. The SMILES string of the molecule is CO[C@@H]1C[C@H](O[C@H]2[C@@H](O)C[C@H](O[C@@H]3[C@@H](C)O[C@@H](O[C@H]4CC[C@@]5(C)C(=C[C@H](O)[C@H]6C(=O)O[C@@H]7CO[C@]8(C)OC=C(CC[C@@H]65)[C@H]78)C4)C[C@H]3OC)O[C@@H]2C)O[C@@H](C)[C@@H]1O. The van der Waals surface area contributed by atoms with Crippen molar-refractivity contribution in [1.82, 2.24) is 0 Å². The van der Waals surface area contributed by atoms with Crippen LogP contribution in [0.2, 0.25) is 0 Å². The van der Waals surface area contributed by atoms with Crippen molar-refractivity contribution in [1.29, 1.82) is 0 Å². The van der Waals surface area contributed by atoms with Crippen molar-refractivity contribution in [2.75, 3.05) is 20.8 Å². The van der Waals surface area contributed by atoms with E-state index < -0.39 is 91.6 Å². The van der Waals surface area contributed by atoms with Crippen LogP contribution >= 0.6 is 0 Å². The molecule has 0 bridgehead atoms. The summed E-state index contributed by atoms with van der Waals surface area (Å²) in [6, 6.07) is 0. The summed E-state index contributed by atoms with van der Waals surface area (Å²) < 4.78 is 67.0. The summed E-state index contributed by atoms with van der Waals surface area (Å²) in [6.07, 6.45) is -0.204. The smallest absolute Gasteiger partial charge is 0.312 e. The van der Waals surface area contributed by atoms with E-state index in [0.717, 1.165) is 36.8 Å². The molecule has 0 amide bonds. The van der Waals surface area contributed by atoms with E-state index >= 15 is 0 Å². The Balaban J connectivity index is 0.865. The number of rotatable bonds is 8. The minimum absolute atomic E-state index is 0.105. The van der Waals surface area contributed by atoms with Crippen molar-refractivity contribution in [3.8, 4) is 0 Å². The van der Waals surface area contributed by atoms with Crippen molar-refractivity contribution < 1.29 is 72.2 Å². The Bertz CT molecular complexity index is 1480. The van der Waals surface area contributed by atoms with Crippen LogP contribution in [0.4, 0.5) is 0 Å². The van der Waals surface area contributed by atoms with Gasteiger partial charge < -0.3 is 67.4 Å². The first-order valence-corrected chi connectivity index (χ1v) is 20.7. The molecule has 8 rings (SSSR count). The van der Waals surface area contributed by atoms with E-state index in [4.69, 9.17) is 52.1 Å². The molecule has 6 fully saturated rings. The number of hydrogen-bond donors (Lipinski definition) is 3. The minimum atomic E-state index is -0.959. The van der Waals surface area contributed by atoms with Crippen molar-refractivity contribution in [2.24, 2.45) is 23.2 Å². The van der Waals surface area contributed by atoms with Crippen molar-refractivity contribution in [3.05, 3.63) is 23.5 Å². The van der Waals surface area contributed by atoms with E-state index in [-0.39, 0.29) is 48.5 Å². The molecule has 56 heavy (non-hydrogen) atoms. The molecule has 15 heteroatoms. The molecule has 8 aliphatic rings. The second-order valence-corrected chi connectivity index (χ2v) is 17.7. The van der Waals surface area contributed by atoms with Gasteiger partial charge in [-0.3, -0.25) is 4.79 Å². The molecule has 316 valence electrons. The van der Waals surface area contributed by atoms with Crippen molar-refractivity contribution in [3.63, 3.8) is 0 Å². The summed E-state index contributed by atoms with van der Waals surface area (Å²) in [5.41, 5.74) is 1.91. The summed E-state index contributed by atoms with van der Waals surface area (Å²) in [5, 5.41) is 33.0. The number of methoxy groups -OCH3 is 2. The fraction of sp³-hybridized carbons (Fsp3) is 0.878. The first-order chi connectivity index (χ1) is 26.7. The molecule has 0 aromatic rings. The second-order valence-electron chi connectivity index (χ2n) is 17.7. The van der Waals surface area contributed by atoms with Crippen LogP contribution in [0.1, 0.15) is 86.0 Å². The van der Waals surface area contributed by atoms with Crippen LogP contribution in [0.25, 0.3) is 0 Å². The molecule has 0 spiro atoms. The first-order valence-electron chi connectivity index (χ1n) is 20.7. The van der Waals surface area contributed by atoms with Crippen LogP contribution in [-0.2, 0) is 56.9 Å². The molecule has 6 aliphatic heterocycles. The van der Waals surface area contributed by atoms with E-state index in [2.05, 4.69) is 6.92 Å². The topological polar surface area (TPSA) is 179 Å². The zero-order chi connectivity index (χ0) is 39.7. The molecule has 20 atom stereocenters. The monoisotopic (exact) mass is 794 g/mol. The van der Waals surface area contributed by atoms with Gasteiger partial charge in [-0.05, 0) is 69.8 Å². The van der Waals surface area contributed by atoms with E-state index in [1.54, 1.807) is 27.4 Å². The Morgan fingerprint density at radius 1 is 0.821 bits per heavy atom. The fourth-order valence-electron chi connectivity index (χ4n) is 11.0. The van der Waals surface area contributed by atoms with E-state index in [1.165, 1.54) is 0 Å². The Morgan fingerprint density at radius 3 is 2.21 bits per heavy atom. The van der Waals surface area contributed by atoms with Gasteiger partial charge in [0.05, 0.1) is 73.5 Å². The standard InChI is InChI=1S/C41H62O15/c1-19-36(44)28(46-6)15-33(50-19)55-37-20(2)51-31(14-27(37)43)56-38-21(3)52-32(16-29(38)47-7)53-24-10-11-40(4)23(12-24)13-26(42)34-25(40)9-8-22-17-48-41(5)35(22)30(18-49-41)54-39(34)45/h13,17,19-21,24-38,42-44H,8-12,14-16,18H2,1-7H3/t19-,20+,21+,24-,25-,26-,27-,28+,29+,30+,31-,32-,33-,34-,35+,36-,37+,38+,40-,41-/m0/s1. The zero-order valence-electron chi connectivity index (χ0n) is 33.7. The van der Waals surface area contributed by atoms with Gasteiger partial charge in [0.2, 0.25) is 5.79 Å². The molecular weight excluding hydrogens is 732 g/mol. The second kappa shape index (κ2) is 16.0. The van der Waals surface area contributed by atoms with Gasteiger partial charge in [0, 0.05) is 40.4 Å². The Hall–Kier alpha value is -1.73. The Morgan fingerprint density at radius 2 is 1.48 bits per heavy atom. The van der Waals surface area contributed by atoms with Gasteiger partial charge in [-0.1, -0.05) is 18.6 Å². The number of hydrogen-bond acceptors (Lipinski definition) is 15.